The lowest BCUT2D eigenvalue weighted by Gasteiger charge is -2.32. The Bertz CT molecular complexity index is 625. The Labute approximate surface area is 140 Å². The third-order valence-electron chi connectivity index (χ3n) is 4.49. The van der Waals surface area contributed by atoms with Gasteiger partial charge in [-0.1, -0.05) is 60.7 Å². The van der Waals surface area contributed by atoms with Crippen molar-refractivity contribution in [1.82, 2.24) is 4.90 Å². The number of carbonyl (C=O) groups excluding carboxylic acids is 1. The molecule has 2 heterocycles. The summed E-state index contributed by atoms with van der Waals surface area (Å²) >= 11 is 1.75. The number of rotatable bonds is 4. The monoisotopic (exact) mass is 325 g/mol. The van der Waals surface area contributed by atoms with Crippen molar-refractivity contribution in [2.24, 2.45) is 0 Å². The van der Waals surface area contributed by atoms with Crippen LogP contribution in [0.3, 0.4) is 0 Å². The van der Waals surface area contributed by atoms with E-state index in [-0.39, 0.29) is 17.3 Å². The molecule has 0 amide bonds. The Hall–Kier alpha value is -1.78. The molecule has 2 aromatic carbocycles. The number of ether oxygens (including phenoxy) is 1. The topological polar surface area (TPSA) is 29.5 Å². The third kappa shape index (κ3) is 3.01. The fourth-order valence-corrected chi connectivity index (χ4v) is 4.56. The number of esters is 1. The van der Waals surface area contributed by atoms with E-state index >= 15 is 0 Å². The molecule has 3 nitrogen and oxygen atoms in total. The molecule has 23 heavy (non-hydrogen) atoms. The smallest absolute Gasteiger partial charge is 0.321 e. The Balaban J connectivity index is 1.55. The van der Waals surface area contributed by atoms with Crippen molar-refractivity contribution in [3.05, 3.63) is 71.8 Å². The van der Waals surface area contributed by atoms with E-state index in [0.29, 0.717) is 5.37 Å². The molecule has 2 aliphatic heterocycles. The number of fused-ring (bicyclic) bond motifs is 1. The van der Waals surface area contributed by atoms with Gasteiger partial charge in [-0.05, 0) is 17.5 Å². The summed E-state index contributed by atoms with van der Waals surface area (Å²) in [6.45, 7) is 1.94. The highest BCUT2D eigenvalue weighted by atomic mass is 32.2. The zero-order chi connectivity index (χ0) is 15.6. The Morgan fingerprint density at radius 2 is 1.65 bits per heavy atom. The van der Waals surface area contributed by atoms with Crippen LogP contribution in [0.4, 0.5) is 0 Å². The van der Waals surface area contributed by atoms with E-state index in [4.69, 9.17) is 4.74 Å². The summed E-state index contributed by atoms with van der Waals surface area (Å²) in [7, 11) is 0. The Morgan fingerprint density at radius 3 is 2.09 bits per heavy atom. The molecule has 2 saturated heterocycles. The minimum Gasteiger partial charge on any atom is -0.452 e. The van der Waals surface area contributed by atoms with E-state index < -0.39 is 0 Å². The Kier molecular flexibility index (Phi) is 4.10. The molecule has 0 N–H and O–H groups in total. The van der Waals surface area contributed by atoms with Crippen molar-refractivity contribution in [2.75, 3.05) is 13.1 Å². The van der Waals surface area contributed by atoms with Gasteiger partial charge in [0.15, 0.2) is 6.10 Å². The first-order valence-electron chi connectivity index (χ1n) is 8.01. The van der Waals surface area contributed by atoms with Gasteiger partial charge in [0.2, 0.25) is 0 Å². The minimum atomic E-state index is -0.334. The number of hydrogen-bond donors (Lipinski definition) is 0. The van der Waals surface area contributed by atoms with E-state index in [1.54, 1.807) is 11.8 Å². The van der Waals surface area contributed by atoms with Crippen LogP contribution in [0, 0.1) is 0 Å². The summed E-state index contributed by atoms with van der Waals surface area (Å²) in [5.74, 6) is -0.0953. The van der Waals surface area contributed by atoms with E-state index in [0.717, 1.165) is 24.2 Å². The summed E-state index contributed by atoms with van der Waals surface area (Å²) in [6.07, 6.45) is 0.855. The van der Waals surface area contributed by atoms with Crippen LogP contribution in [0.1, 0.15) is 23.7 Å². The van der Waals surface area contributed by atoms with Crippen LogP contribution in [0.25, 0.3) is 0 Å². The summed E-state index contributed by atoms with van der Waals surface area (Å²) in [6, 6.07) is 19.9. The lowest BCUT2D eigenvalue weighted by Crippen LogP contribution is -2.41. The maximum Gasteiger partial charge on any atom is 0.321 e. The predicted molar refractivity (Wildman–Crippen MR) is 92.2 cm³/mol. The van der Waals surface area contributed by atoms with E-state index in [1.807, 2.05) is 60.7 Å². The molecular formula is C19H19NO2S. The van der Waals surface area contributed by atoms with Crippen molar-refractivity contribution in [1.29, 1.82) is 0 Å². The fourth-order valence-electron chi connectivity index (χ4n) is 3.13. The van der Waals surface area contributed by atoms with Gasteiger partial charge in [0.25, 0.3) is 0 Å². The van der Waals surface area contributed by atoms with Gasteiger partial charge in [-0.3, -0.25) is 9.69 Å². The SMILES string of the molecule is O=C(OC(c1ccccc1)c1ccccc1)C1CN2CCC2S1. The highest BCUT2D eigenvalue weighted by molar-refractivity contribution is 8.01. The maximum atomic E-state index is 12.7. The van der Waals surface area contributed by atoms with Gasteiger partial charge in [-0.2, -0.15) is 0 Å². The second kappa shape index (κ2) is 6.38. The van der Waals surface area contributed by atoms with Crippen LogP contribution in [-0.2, 0) is 9.53 Å². The summed E-state index contributed by atoms with van der Waals surface area (Å²) in [5.41, 5.74) is 2.02. The molecule has 0 aliphatic carbocycles. The van der Waals surface area contributed by atoms with Gasteiger partial charge in [-0.25, -0.2) is 0 Å². The molecule has 118 valence electrons. The fraction of sp³-hybridized carbons (Fsp3) is 0.316. The highest BCUT2D eigenvalue weighted by Crippen LogP contribution is 2.40. The van der Waals surface area contributed by atoms with Crippen LogP contribution in [0.2, 0.25) is 0 Å². The largest absolute Gasteiger partial charge is 0.452 e. The van der Waals surface area contributed by atoms with Gasteiger partial charge in [0.05, 0.1) is 5.37 Å². The van der Waals surface area contributed by atoms with Crippen LogP contribution in [0.15, 0.2) is 60.7 Å². The molecule has 0 spiro atoms. The van der Waals surface area contributed by atoms with Crippen LogP contribution in [-0.4, -0.2) is 34.6 Å². The van der Waals surface area contributed by atoms with Crippen molar-refractivity contribution in [3.8, 4) is 0 Å². The first-order valence-corrected chi connectivity index (χ1v) is 8.95. The highest BCUT2D eigenvalue weighted by Gasteiger charge is 2.43. The molecule has 4 heteroatoms. The first-order chi connectivity index (χ1) is 11.3. The van der Waals surface area contributed by atoms with Gasteiger partial charge < -0.3 is 4.74 Å². The molecule has 2 unspecified atom stereocenters. The van der Waals surface area contributed by atoms with E-state index in [2.05, 4.69) is 4.90 Å². The summed E-state index contributed by atoms with van der Waals surface area (Å²) in [4.78, 5) is 15.0. The Morgan fingerprint density at radius 1 is 1.04 bits per heavy atom. The van der Waals surface area contributed by atoms with E-state index in [1.165, 1.54) is 6.42 Å². The standard InChI is InChI=1S/C19H19NO2S/c21-19(16-13-20-12-11-17(20)23-16)22-18(14-7-3-1-4-8-14)15-9-5-2-6-10-15/h1-10,16-18H,11-13H2. The van der Waals surface area contributed by atoms with Gasteiger partial charge in [-0.15, -0.1) is 11.8 Å². The maximum absolute atomic E-state index is 12.7. The zero-order valence-electron chi connectivity index (χ0n) is 12.8. The molecule has 0 bridgehead atoms. The lowest BCUT2D eigenvalue weighted by molar-refractivity contribution is -0.147. The second-order valence-electron chi connectivity index (χ2n) is 6.00. The average Bonchev–Trinajstić information content (AvgIpc) is 2.89. The number of nitrogens with zero attached hydrogens (tertiary/aromatic N) is 1. The second-order valence-corrected chi connectivity index (χ2v) is 7.39. The van der Waals surface area contributed by atoms with Gasteiger partial charge in [0.1, 0.15) is 5.25 Å². The van der Waals surface area contributed by atoms with E-state index in [9.17, 15) is 4.79 Å². The molecule has 4 rings (SSSR count). The van der Waals surface area contributed by atoms with Gasteiger partial charge >= 0.3 is 5.97 Å². The van der Waals surface area contributed by atoms with Gasteiger partial charge in [0, 0.05) is 13.1 Å². The first kappa shape index (κ1) is 14.8. The van der Waals surface area contributed by atoms with Crippen molar-refractivity contribution in [2.45, 2.75) is 23.1 Å². The predicted octanol–water partition coefficient (Wildman–Crippen LogP) is 3.47. The molecule has 0 radical (unpaired) electrons. The van der Waals surface area contributed by atoms with Crippen LogP contribution in [0.5, 0.6) is 0 Å². The van der Waals surface area contributed by atoms with Crippen molar-refractivity contribution < 1.29 is 9.53 Å². The number of thioether (sulfide) groups is 1. The third-order valence-corrected chi connectivity index (χ3v) is 6.01. The molecule has 2 atom stereocenters. The summed E-state index contributed by atoms with van der Waals surface area (Å²) in [5, 5.41) is 0.469. The molecule has 2 aliphatic rings. The molecule has 0 aromatic heterocycles. The normalized spacial score (nSPS) is 23.3. The minimum absolute atomic E-state index is 0.0579. The van der Waals surface area contributed by atoms with Crippen molar-refractivity contribution >= 4 is 17.7 Å². The lowest BCUT2D eigenvalue weighted by atomic mass is 10.0. The molecule has 2 aromatic rings. The average molecular weight is 325 g/mol. The number of benzene rings is 2. The molecular weight excluding hydrogens is 306 g/mol. The molecule has 2 fully saturated rings. The van der Waals surface area contributed by atoms with Crippen LogP contribution >= 0.6 is 11.8 Å². The van der Waals surface area contributed by atoms with Crippen molar-refractivity contribution in [3.63, 3.8) is 0 Å². The molecule has 0 saturated carbocycles. The summed E-state index contributed by atoms with van der Waals surface area (Å²) < 4.78 is 5.94. The zero-order valence-corrected chi connectivity index (χ0v) is 13.6. The van der Waals surface area contributed by atoms with Crippen LogP contribution < -0.4 is 0 Å². The number of carbonyl (C=O) groups is 1. The number of hydrogen-bond acceptors (Lipinski definition) is 4. The quantitative estimate of drug-likeness (QED) is 0.805.